The zero-order valence-electron chi connectivity index (χ0n) is 15.4. The lowest BCUT2D eigenvalue weighted by Crippen LogP contribution is -2.41. The van der Waals surface area contributed by atoms with Crippen molar-refractivity contribution >= 4 is 27.4 Å². The zero-order valence-corrected chi connectivity index (χ0v) is 16.2. The van der Waals surface area contributed by atoms with Crippen LogP contribution in [0.25, 0.3) is 0 Å². The van der Waals surface area contributed by atoms with Crippen LogP contribution in [0.2, 0.25) is 0 Å². The molecule has 2 aromatic rings. The van der Waals surface area contributed by atoms with Gasteiger partial charge in [-0.25, -0.2) is 12.8 Å². The summed E-state index contributed by atoms with van der Waals surface area (Å²) in [4.78, 5) is 23.4. The van der Waals surface area contributed by atoms with Crippen LogP contribution in [0.5, 0.6) is 0 Å². The maximum atomic E-state index is 13.9. The predicted octanol–water partition coefficient (Wildman–Crippen LogP) is 3.07. The molecule has 0 aromatic heterocycles. The number of nitrogens with zero attached hydrogens (tertiary/aromatic N) is 1. The number of anilines is 1. The minimum atomic E-state index is -3.92. The molecule has 148 valence electrons. The minimum Gasteiger partial charge on any atom is -0.326 e. The van der Waals surface area contributed by atoms with Gasteiger partial charge in [0.2, 0.25) is 15.9 Å². The number of amides is 1. The van der Waals surface area contributed by atoms with Crippen LogP contribution in [0.15, 0.2) is 53.4 Å². The molecule has 0 saturated carbocycles. The fourth-order valence-electron chi connectivity index (χ4n) is 3.18. The molecule has 0 radical (unpaired) electrons. The van der Waals surface area contributed by atoms with Crippen LogP contribution in [0.3, 0.4) is 0 Å². The van der Waals surface area contributed by atoms with Crippen molar-refractivity contribution in [3.63, 3.8) is 0 Å². The molecule has 28 heavy (non-hydrogen) atoms. The molecule has 0 spiro atoms. The largest absolute Gasteiger partial charge is 0.326 e. The molecule has 2 aromatic carbocycles. The lowest BCUT2D eigenvalue weighted by Gasteiger charge is -2.30. The Morgan fingerprint density at radius 2 is 1.64 bits per heavy atom. The van der Waals surface area contributed by atoms with Gasteiger partial charge in [-0.15, -0.1) is 0 Å². The van der Waals surface area contributed by atoms with E-state index in [0.717, 1.165) is 6.07 Å². The van der Waals surface area contributed by atoms with Gasteiger partial charge in [0.05, 0.1) is 0 Å². The van der Waals surface area contributed by atoms with Crippen molar-refractivity contribution in [1.29, 1.82) is 0 Å². The molecule has 6 nitrogen and oxygen atoms in total. The van der Waals surface area contributed by atoms with E-state index in [2.05, 4.69) is 5.32 Å². The summed E-state index contributed by atoms with van der Waals surface area (Å²) in [6, 6.07) is 11.9. The highest BCUT2D eigenvalue weighted by Crippen LogP contribution is 2.26. The summed E-state index contributed by atoms with van der Waals surface area (Å²) in [6.45, 7) is 1.77. The van der Waals surface area contributed by atoms with Crippen molar-refractivity contribution in [2.45, 2.75) is 24.7 Å². The number of hydrogen-bond acceptors (Lipinski definition) is 4. The number of halogens is 1. The number of rotatable bonds is 5. The zero-order chi connectivity index (χ0) is 20.3. The van der Waals surface area contributed by atoms with Crippen LogP contribution in [0, 0.1) is 11.7 Å². The van der Waals surface area contributed by atoms with Crippen molar-refractivity contribution in [2.24, 2.45) is 5.92 Å². The molecule has 1 N–H and O–H groups in total. The maximum absolute atomic E-state index is 13.9. The maximum Gasteiger partial charge on any atom is 0.245 e. The number of benzene rings is 2. The fraction of sp³-hybridized carbons (Fsp3) is 0.300. The van der Waals surface area contributed by atoms with Gasteiger partial charge < -0.3 is 5.32 Å². The van der Waals surface area contributed by atoms with Crippen LogP contribution in [0.4, 0.5) is 10.1 Å². The van der Waals surface area contributed by atoms with Gasteiger partial charge in [-0.2, -0.15) is 4.31 Å². The number of sulfonamides is 1. The van der Waals surface area contributed by atoms with Gasteiger partial charge in [0.15, 0.2) is 5.78 Å². The van der Waals surface area contributed by atoms with Crippen LogP contribution in [-0.4, -0.2) is 37.5 Å². The van der Waals surface area contributed by atoms with Gasteiger partial charge in [0.25, 0.3) is 0 Å². The Kier molecular flexibility index (Phi) is 5.90. The van der Waals surface area contributed by atoms with E-state index >= 15 is 0 Å². The SMILES string of the molecule is CC(=O)c1ccc(NC(=O)C2CCN(S(=O)(=O)c3ccccc3F)CC2)cc1. The first-order valence-electron chi connectivity index (χ1n) is 8.95. The first-order chi connectivity index (χ1) is 13.3. The lowest BCUT2D eigenvalue weighted by atomic mass is 9.97. The van der Waals surface area contributed by atoms with E-state index in [1.165, 1.54) is 29.4 Å². The number of carbonyl (C=O) groups is 2. The summed E-state index contributed by atoms with van der Waals surface area (Å²) in [5, 5.41) is 2.79. The van der Waals surface area contributed by atoms with E-state index in [1.54, 1.807) is 24.3 Å². The van der Waals surface area contributed by atoms with Gasteiger partial charge >= 0.3 is 0 Å². The Labute approximate surface area is 163 Å². The number of piperidine rings is 1. The number of Topliss-reactive ketones (excluding diaryl/α,β-unsaturated/α-hetero) is 1. The summed E-state index contributed by atoms with van der Waals surface area (Å²) in [5.74, 6) is -1.37. The van der Waals surface area contributed by atoms with Crippen molar-refractivity contribution in [1.82, 2.24) is 4.31 Å². The second kappa shape index (κ2) is 8.20. The molecule has 0 unspecified atom stereocenters. The quantitative estimate of drug-likeness (QED) is 0.777. The smallest absolute Gasteiger partial charge is 0.245 e. The molecular weight excluding hydrogens is 383 g/mol. The molecule has 1 heterocycles. The Morgan fingerprint density at radius 1 is 1.04 bits per heavy atom. The van der Waals surface area contributed by atoms with E-state index in [4.69, 9.17) is 0 Å². The molecular formula is C20H21FN2O4S. The third-order valence-electron chi connectivity index (χ3n) is 4.84. The molecule has 0 atom stereocenters. The molecule has 0 aliphatic carbocycles. The van der Waals surface area contributed by atoms with Gasteiger partial charge in [-0.1, -0.05) is 12.1 Å². The summed E-state index contributed by atoms with van der Waals surface area (Å²) in [6.07, 6.45) is 0.704. The third kappa shape index (κ3) is 4.28. The first-order valence-corrected chi connectivity index (χ1v) is 10.4. The molecule has 3 rings (SSSR count). The normalized spacial score (nSPS) is 15.9. The number of ketones is 1. The predicted molar refractivity (Wildman–Crippen MR) is 103 cm³/mol. The average molecular weight is 404 g/mol. The Bertz CT molecular complexity index is 982. The topological polar surface area (TPSA) is 83.6 Å². The average Bonchev–Trinajstić information content (AvgIpc) is 2.68. The second-order valence-electron chi connectivity index (χ2n) is 6.73. The number of carbonyl (C=O) groups excluding carboxylic acids is 2. The monoisotopic (exact) mass is 404 g/mol. The molecule has 1 fully saturated rings. The minimum absolute atomic E-state index is 0.0543. The van der Waals surface area contributed by atoms with Crippen LogP contribution in [-0.2, 0) is 14.8 Å². The van der Waals surface area contributed by atoms with Gasteiger partial charge in [0, 0.05) is 30.3 Å². The highest BCUT2D eigenvalue weighted by Gasteiger charge is 2.33. The fourth-order valence-corrected chi connectivity index (χ4v) is 4.72. The summed E-state index contributed by atoms with van der Waals surface area (Å²) < 4.78 is 40.3. The highest BCUT2D eigenvalue weighted by atomic mass is 32.2. The standard InChI is InChI=1S/C20H21FN2O4S/c1-14(24)15-6-8-17(9-7-15)22-20(25)16-10-12-23(13-11-16)28(26,27)19-5-3-2-4-18(19)21/h2-9,16H,10-13H2,1H3,(H,22,25). The lowest BCUT2D eigenvalue weighted by molar-refractivity contribution is -0.120. The van der Waals surface area contributed by atoms with Crippen LogP contribution in [0.1, 0.15) is 30.1 Å². The highest BCUT2D eigenvalue weighted by molar-refractivity contribution is 7.89. The van der Waals surface area contributed by atoms with Crippen LogP contribution >= 0.6 is 0 Å². The van der Waals surface area contributed by atoms with E-state index in [0.29, 0.717) is 24.1 Å². The molecule has 0 bridgehead atoms. The molecule has 1 saturated heterocycles. The van der Waals surface area contributed by atoms with Crippen molar-refractivity contribution in [3.05, 3.63) is 59.9 Å². The van der Waals surface area contributed by atoms with Gasteiger partial charge in [-0.05, 0) is 56.2 Å². The third-order valence-corrected chi connectivity index (χ3v) is 6.77. The number of hydrogen-bond donors (Lipinski definition) is 1. The van der Waals surface area contributed by atoms with Crippen molar-refractivity contribution < 1.29 is 22.4 Å². The van der Waals surface area contributed by atoms with E-state index in [9.17, 15) is 22.4 Å². The van der Waals surface area contributed by atoms with E-state index in [-0.39, 0.29) is 35.6 Å². The summed E-state index contributed by atoms with van der Waals surface area (Å²) >= 11 is 0. The first kappa shape index (κ1) is 20.2. The molecule has 8 heteroatoms. The second-order valence-corrected chi connectivity index (χ2v) is 8.64. The van der Waals surface area contributed by atoms with Crippen LogP contribution < -0.4 is 5.32 Å². The van der Waals surface area contributed by atoms with E-state index in [1.807, 2.05) is 0 Å². The van der Waals surface area contributed by atoms with E-state index < -0.39 is 15.8 Å². The number of nitrogens with one attached hydrogen (secondary N) is 1. The Balaban J connectivity index is 1.61. The Morgan fingerprint density at radius 3 is 2.21 bits per heavy atom. The molecule has 1 amide bonds. The summed E-state index contributed by atoms with van der Waals surface area (Å²) in [7, 11) is -3.92. The van der Waals surface area contributed by atoms with Gasteiger partial charge in [0.1, 0.15) is 10.7 Å². The van der Waals surface area contributed by atoms with Gasteiger partial charge in [-0.3, -0.25) is 9.59 Å². The summed E-state index contributed by atoms with van der Waals surface area (Å²) in [5.41, 5.74) is 1.14. The molecule has 1 aliphatic rings. The Hall–Kier alpha value is -2.58. The van der Waals surface area contributed by atoms with Crippen molar-refractivity contribution in [3.8, 4) is 0 Å². The van der Waals surface area contributed by atoms with Crippen molar-refractivity contribution in [2.75, 3.05) is 18.4 Å². The molecule has 1 aliphatic heterocycles.